The molecule has 1 aromatic carbocycles. The van der Waals surface area contributed by atoms with Crippen LogP contribution in [0.5, 0.6) is 5.75 Å². The zero-order valence-corrected chi connectivity index (χ0v) is 13.7. The van der Waals surface area contributed by atoms with Crippen molar-refractivity contribution in [1.29, 1.82) is 0 Å². The number of nitrogens with one attached hydrogen (secondary N) is 1. The summed E-state index contributed by atoms with van der Waals surface area (Å²) in [5.74, 6) is 2.48. The number of hydrazone groups is 1. The van der Waals surface area contributed by atoms with Gasteiger partial charge in [0.25, 0.3) is 5.91 Å². The van der Waals surface area contributed by atoms with Gasteiger partial charge in [0.05, 0.1) is 12.8 Å². The van der Waals surface area contributed by atoms with Gasteiger partial charge in [-0.25, -0.2) is 5.43 Å². The molecule has 0 atom stereocenters. The fraction of sp³-hybridized carbons (Fsp3) is 0.333. The number of carbonyl (C=O) groups excluding carboxylic acids is 1. The van der Waals surface area contributed by atoms with Crippen LogP contribution in [0, 0.1) is 12.8 Å². The molecule has 23 heavy (non-hydrogen) atoms. The van der Waals surface area contributed by atoms with Crippen LogP contribution in [0.1, 0.15) is 42.1 Å². The molecular formula is C18H22N2O3. The number of nitrogens with zero attached hydrogens (tertiary/aromatic N) is 1. The Morgan fingerprint density at radius 3 is 2.61 bits per heavy atom. The minimum Gasteiger partial charge on any atom is -0.494 e. The fourth-order valence-electron chi connectivity index (χ4n) is 1.86. The molecular weight excluding hydrogens is 292 g/mol. The molecule has 0 fully saturated rings. The number of hydrogen-bond acceptors (Lipinski definition) is 4. The molecule has 122 valence electrons. The zero-order valence-electron chi connectivity index (χ0n) is 13.7. The van der Waals surface area contributed by atoms with E-state index in [-0.39, 0.29) is 5.91 Å². The molecule has 1 N–H and O–H groups in total. The molecule has 0 saturated carbocycles. The maximum atomic E-state index is 12.0. The van der Waals surface area contributed by atoms with Gasteiger partial charge in [-0.05, 0) is 55.7 Å². The normalized spacial score (nSPS) is 11.1. The average Bonchev–Trinajstić information content (AvgIpc) is 2.93. The number of amides is 1. The number of benzene rings is 1. The minimum absolute atomic E-state index is 0.279. The lowest BCUT2D eigenvalue weighted by atomic mass is 10.1. The van der Waals surface area contributed by atoms with Crippen LogP contribution >= 0.6 is 0 Å². The lowest BCUT2D eigenvalue weighted by Crippen LogP contribution is -2.17. The zero-order chi connectivity index (χ0) is 16.7. The summed E-state index contributed by atoms with van der Waals surface area (Å²) in [6, 6.07) is 10.6. The van der Waals surface area contributed by atoms with Crippen molar-refractivity contribution in [3.05, 3.63) is 53.5 Å². The maximum absolute atomic E-state index is 12.0. The van der Waals surface area contributed by atoms with E-state index in [1.165, 1.54) is 6.21 Å². The van der Waals surface area contributed by atoms with Crippen LogP contribution < -0.4 is 10.2 Å². The van der Waals surface area contributed by atoms with Gasteiger partial charge in [0, 0.05) is 5.56 Å². The maximum Gasteiger partial charge on any atom is 0.271 e. The molecule has 1 amide bonds. The summed E-state index contributed by atoms with van der Waals surface area (Å²) in [5, 5.41) is 3.87. The summed E-state index contributed by atoms with van der Waals surface area (Å²) in [5.41, 5.74) is 2.99. The summed E-state index contributed by atoms with van der Waals surface area (Å²) in [4.78, 5) is 12.0. The van der Waals surface area contributed by atoms with Gasteiger partial charge in [-0.15, -0.1) is 0 Å². The van der Waals surface area contributed by atoms with Gasteiger partial charge in [-0.3, -0.25) is 4.79 Å². The van der Waals surface area contributed by atoms with Crippen molar-refractivity contribution in [2.75, 3.05) is 6.61 Å². The van der Waals surface area contributed by atoms with E-state index < -0.39 is 0 Å². The molecule has 0 bridgehead atoms. The Labute approximate surface area is 136 Å². The van der Waals surface area contributed by atoms with Crippen LogP contribution in [-0.2, 0) is 0 Å². The van der Waals surface area contributed by atoms with Gasteiger partial charge < -0.3 is 9.15 Å². The Hall–Kier alpha value is -2.56. The molecule has 0 radical (unpaired) electrons. The number of carbonyl (C=O) groups is 1. The second-order valence-electron chi connectivity index (χ2n) is 5.70. The lowest BCUT2D eigenvalue weighted by Gasteiger charge is -2.08. The molecule has 0 spiro atoms. The van der Waals surface area contributed by atoms with Crippen molar-refractivity contribution in [2.45, 2.75) is 27.2 Å². The van der Waals surface area contributed by atoms with E-state index in [4.69, 9.17) is 9.15 Å². The Morgan fingerprint density at radius 2 is 2.00 bits per heavy atom. The first kappa shape index (κ1) is 16.8. The van der Waals surface area contributed by atoms with E-state index in [9.17, 15) is 4.79 Å². The highest BCUT2D eigenvalue weighted by atomic mass is 16.5. The first-order chi connectivity index (χ1) is 11.0. The van der Waals surface area contributed by atoms with E-state index in [2.05, 4.69) is 24.4 Å². The summed E-state index contributed by atoms with van der Waals surface area (Å²) in [6.45, 7) is 6.83. The van der Waals surface area contributed by atoms with Crippen LogP contribution in [0.4, 0.5) is 0 Å². The highest BCUT2D eigenvalue weighted by molar-refractivity contribution is 5.94. The van der Waals surface area contributed by atoms with Gasteiger partial charge in [-0.1, -0.05) is 13.8 Å². The topological polar surface area (TPSA) is 63.8 Å². The highest BCUT2D eigenvalue weighted by Gasteiger charge is 2.05. The predicted octanol–water partition coefficient (Wildman–Crippen LogP) is 3.78. The number of rotatable bonds is 7. The summed E-state index contributed by atoms with van der Waals surface area (Å²) < 4.78 is 10.9. The van der Waals surface area contributed by atoms with Crippen molar-refractivity contribution < 1.29 is 13.9 Å². The number of furan rings is 1. The van der Waals surface area contributed by atoms with Gasteiger partial charge in [0.15, 0.2) is 0 Å². The van der Waals surface area contributed by atoms with Gasteiger partial charge in [-0.2, -0.15) is 5.10 Å². The molecule has 0 unspecified atom stereocenters. The molecule has 5 nitrogen and oxygen atoms in total. The van der Waals surface area contributed by atoms with E-state index in [1.54, 1.807) is 30.3 Å². The summed E-state index contributed by atoms with van der Waals surface area (Å²) >= 11 is 0. The predicted molar refractivity (Wildman–Crippen MR) is 89.9 cm³/mol. The van der Waals surface area contributed by atoms with Crippen LogP contribution in [0.3, 0.4) is 0 Å². The van der Waals surface area contributed by atoms with E-state index in [1.807, 2.05) is 13.0 Å². The van der Waals surface area contributed by atoms with E-state index in [0.29, 0.717) is 23.8 Å². The molecule has 2 aromatic rings. The standard InChI is InChI=1S/C18H22N2O3/c1-13(2)10-11-22-16-8-5-15(6-9-16)18(21)20-19-12-17-7-4-14(3)23-17/h4-9,12-13H,10-11H2,1-3H3,(H,20,21). The summed E-state index contributed by atoms with van der Waals surface area (Å²) in [7, 11) is 0. The van der Waals surface area contributed by atoms with Crippen molar-refractivity contribution in [1.82, 2.24) is 5.43 Å². The van der Waals surface area contributed by atoms with Crippen LogP contribution in [0.15, 0.2) is 45.9 Å². The second kappa shape index (κ2) is 8.17. The molecule has 0 aliphatic rings. The minimum atomic E-state index is -0.279. The monoisotopic (exact) mass is 314 g/mol. The highest BCUT2D eigenvalue weighted by Crippen LogP contribution is 2.13. The third-order valence-electron chi connectivity index (χ3n) is 3.20. The summed E-state index contributed by atoms with van der Waals surface area (Å²) in [6.07, 6.45) is 2.47. The Bertz CT molecular complexity index is 657. The van der Waals surface area contributed by atoms with E-state index >= 15 is 0 Å². The second-order valence-corrected chi connectivity index (χ2v) is 5.70. The van der Waals surface area contributed by atoms with Crippen molar-refractivity contribution in [2.24, 2.45) is 11.0 Å². The van der Waals surface area contributed by atoms with Crippen molar-refractivity contribution >= 4 is 12.1 Å². The van der Waals surface area contributed by atoms with Crippen LogP contribution in [0.2, 0.25) is 0 Å². The molecule has 0 aliphatic carbocycles. The SMILES string of the molecule is Cc1ccc(C=NNC(=O)c2ccc(OCCC(C)C)cc2)o1. The quantitative estimate of drug-likeness (QED) is 0.625. The van der Waals surface area contributed by atoms with Crippen LogP contribution in [-0.4, -0.2) is 18.7 Å². The van der Waals surface area contributed by atoms with Crippen LogP contribution in [0.25, 0.3) is 0 Å². The molecule has 0 aliphatic heterocycles. The number of aryl methyl sites for hydroxylation is 1. The van der Waals surface area contributed by atoms with Gasteiger partial charge >= 0.3 is 0 Å². The first-order valence-corrected chi connectivity index (χ1v) is 7.67. The average molecular weight is 314 g/mol. The number of hydrogen-bond donors (Lipinski definition) is 1. The molecule has 5 heteroatoms. The molecule has 2 rings (SSSR count). The lowest BCUT2D eigenvalue weighted by molar-refractivity contribution is 0.0955. The Balaban J connectivity index is 1.83. The largest absolute Gasteiger partial charge is 0.494 e. The smallest absolute Gasteiger partial charge is 0.271 e. The third-order valence-corrected chi connectivity index (χ3v) is 3.20. The molecule has 1 aromatic heterocycles. The van der Waals surface area contributed by atoms with Crippen molar-refractivity contribution in [3.63, 3.8) is 0 Å². The Morgan fingerprint density at radius 1 is 1.26 bits per heavy atom. The molecule has 1 heterocycles. The number of ether oxygens (including phenoxy) is 1. The van der Waals surface area contributed by atoms with Crippen molar-refractivity contribution in [3.8, 4) is 5.75 Å². The van der Waals surface area contributed by atoms with Gasteiger partial charge in [0.1, 0.15) is 17.3 Å². The third kappa shape index (κ3) is 5.62. The fourth-order valence-corrected chi connectivity index (χ4v) is 1.86. The first-order valence-electron chi connectivity index (χ1n) is 7.67. The molecule has 0 saturated heterocycles. The van der Waals surface area contributed by atoms with Gasteiger partial charge in [0.2, 0.25) is 0 Å². The Kier molecular flexibility index (Phi) is 5.97. The van der Waals surface area contributed by atoms with E-state index in [0.717, 1.165) is 17.9 Å².